The minimum Gasteiger partial charge on any atom is -0.334 e. The summed E-state index contributed by atoms with van der Waals surface area (Å²) < 4.78 is 0. The second kappa shape index (κ2) is 5.91. The first-order chi connectivity index (χ1) is 10.2. The summed E-state index contributed by atoms with van der Waals surface area (Å²) in [6, 6.07) is 13.2. The molecule has 0 bridgehead atoms. The van der Waals surface area contributed by atoms with Crippen LogP contribution >= 0.6 is 0 Å². The zero-order valence-electron chi connectivity index (χ0n) is 11.7. The van der Waals surface area contributed by atoms with Gasteiger partial charge >= 0.3 is 0 Å². The van der Waals surface area contributed by atoms with Crippen molar-refractivity contribution >= 4 is 5.91 Å². The summed E-state index contributed by atoms with van der Waals surface area (Å²) in [6.07, 6.45) is 2.87. The summed E-state index contributed by atoms with van der Waals surface area (Å²) in [5.41, 5.74) is 1.24. The van der Waals surface area contributed by atoms with E-state index in [2.05, 4.69) is 22.3 Å². The standard InChI is InChI=1S/C16H17N3O2/c20-15-9-8-14(17-18-15)16(21)19-10-4-7-13(19)11-12-5-2-1-3-6-12/h1-3,5-6,8-9,13H,4,7,10-11H2,(H,18,20). The first-order valence-corrected chi connectivity index (χ1v) is 7.14. The highest BCUT2D eigenvalue weighted by atomic mass is 16.2. The van der Waals surface area contributed by atoms with Crippen LogP contribution in [0.2, 0.25) is 0 Å². The Hall–Kier alpha value is -2.43. The average molecular weight is 283 g/mol. The molecule has 0 saturated carbocycles. The maximum atomic E-state index is 12.5. The molecule has 1 saturated heterocycles. The number of carbonyl (C=O) groups excluding carboxylic acids is 1. The van der Waals surface area contributed by atoms with Crippen molar-refractivity contribution in [2.45, 2.75) is 25.3 Å². The lowest BCUT2D eigenvalue weighted by Gasteiger charge is -2.24. The van der Waals surface area contributed by atoms with Crippen molar-refractivity contribution in [2.24, 2.45) is 0 Å². The van der Waals surface area contributed by atoms with Crippen molar-refractivity contribution in [3.63, 3.8) is 0 Å². The number of hydrogen-bond acceptors (Lipinski definition) is 3. The first kappa shape index (κ1) is 13.5. The van der Waals surface area contributed by atoms with Gasteiger partial charge in [0.05, 0.1) is 0 Å². The molecular weight excluding hydrogens is 266 g/mol. The third-order valence-corrected chi connectivity index (χ3v) is 3.85. The van der Waals surface area contributed by atoms with E-state index in [1.807, 2.05) is 23.1 Å². The molecule has 1 aliphatic rings. The van der Waals surface area contributed by atoms with Crippen LogP contribution in [0.1, 0.15) is 28.9 Å². The van der Waals surface area contributed by atoms with Crippen LogP contribution in [0.3, 0.4) is 0 Å². The number of carbonyl (C=O) groups is 1. The van der Waals surface area contributed by atoms with Crippen molar-refractivity contribution in [3.8, 4) is 0 Å². The lowest BCUT2D eigenvalue weighted by Crippen LogP contribution is -2.37. The van der Waals surface area contributed by atoms with Gasteiger partial charge in [0.15, 0.2) is 0 Å². The molecule has 1 N–H and O–H groups in total. The SMILES string of the molecule is O=C(c1ccc(=O)[nH]n1)N1CCCC1Cc1ccccc1. The first-order valence-electron chi connectivity index (χ1n) is 7.14. The van der Waals surface area contributed by atoms with Gasteiger partial charge in [-0.25, -0.2) is 5.10 Å². The van der Waals surface area contributed by atoms with Gasteiger partial charge in [-0.3, -0.25) is 9.59 Å². The van der Waals surface area contributed by atoms with Gasteiger partial charge < -0.3 is 4.90 Å². The molecule has 5 heteroatoms. The van der Waals surface area contributed by atoms with E-state index < -0.39 is 0 Å². The van der Waals surface area contributed by atoms with Crippen LogP contribution < -0.4 is 5.56 Å². The monoisotopic (exact) mass is 283 g/mol. The maximum Gasteiger partial charge on any atom is 0.274 e. The van der Waals surface area contributed by atoms with Crippen molar-refractivity contribution in [3.05, 3.63) is 64.1 Å². The normalized spacial score (nSPS) is 17.9. The molecule has 0 aliphatic carbocycles. The third-order valence-electron chi connectivity index (χ3n) is 3.85. The van der Waals surface area contributed by atoms with Gasteiger partial charge in [0.25, 0.3) is 11.5 Å². The molecule has 1 aromatic carbocycles. The smallest absolute Gasteiger partial charge is 0.274 e. The highest BCUT2D eigenvalue weighted by molar-refractivity contribution is 5.92. The Morgan fingerprint density at radius 3 is 2.76 bits per heavy atom. The summed E-state index contributed by atoms with van der Waals surface area (Å²) in [4.78, 5) is 25.4. The van der Waals surface area contributed by atoms with Crippen molar-refractivity contribution < 1.29 is 4.79 Å². The van der Waals surface area contributed by atoms with Crippen LogP contribution in [0.15, 0.2) is 47.3 Å². The number of nitrogens with zero attached hydrogens (tertiary/aromatic N) is 2. The summed E-state index contributed by atoms with van der Waals surface area (Å²) in [7, 11) is 0. The number of aromatic nitrogens is 2. The van der Waals surface area contributed by atoms with Gasteiger partial charge in [0, 0.05) is 18.7 Å². The Labute approximate surface area is 122 Å². The van der Waals surface area contributed by atoms with E-state index in [0.29, 0.717) is 5.69 Å². The molecule has 1 unspecified atom stereocenters. The summed E-state index contributed by atoms with van der Waals surface area (Å²) in [6.45, 7) is 0.747. The summed E-state index contributed by atoms with van der Waals surface area (Å²) in [5.74, 6) is -0.107. The van der Waals surface area contributed by atoms with Crippen molar-refractivity contribution in [1.29, 1.82) is 0 Å². The fourth-order valence-electron chi connectivity index (χ4n) is 2.81. The van der Waals surface area contributed by atoms with E-state index in [0.717, 1.165) is 25.8 Å². The predicted octanol–water partition coefficient (Wildman–Crippen LogP) is 1.62. The van der Waals surface area contributed by atoms with Crippen molar-refractivity contribution in [2.75, 3.05) is 6.54 Å². The number of amides is 1. The molecular formula is C16H17N3O2. The van der Waals surface area contributed by atoms with Crippen LogP contribution in [0, 0.1) is 0 Å². The molecule has 5 nitrogen and oxygen atoms in total. The molecule has 0 radical (unpaired) electrons. The number of nitrogens with one attached hydrogen (secondary N) is 1. The van der Waals surface area contributed by atoms with Gasteiger partial charge in [-0.05, 0) is 30.9 Å². The molecule has 108 valence electrons. The van der Waals surface area contributed by atoms with Crippen LogP contribution in [0.25, 0.3) is 0 Å². The number of H-pyrrole nitrogens is 1. The zero-order chi connectivity index (χ0) is 14.7. The molecule has 1 fully saturated rings. The second-order valence-corrected chi connectivity index (χ2v) is 5.29. The largest absolute Gasteiger partial charge is 0.334 e. The average Bonchev–Trinajstić information content (AvgIpc) is 2.96. The minimum atomic E-state index is -0.297. The van der Waals surface area contributed by atoms with E-state index in [-0.39, 0.29) is 17.5 Å². The topological polar surface area (TPSA) is 66.1 Å². The highest BCUT2D eigenvalue weighted by Crippen LogP contribution is 2.22. The van der Waals surface area contributed by atoms with Crippen LogP contribution in [0.5, 0.6) is 0 Å². The summed E-state index contributed by atoms with van der Waals surface area (Å²) >= 11 is 0. The van der Waals surface area contributed by atoms with E-state index in [4.69, 9.17) is 0 Å². The molecule has 1 atom stereocenters. The Morgan fingerprint density at radius 2 is 2.05 bits per heavy atom. The van der Waals surface area contributed by atoms with Crippen LogP contribution in [-0.4, -0.2) is 33.6 Å². The molecule has 2 heterocycles. The maximum absolute atomic E-state index is 12.5. The van der Waals surface area contributed by atoms with Gasteiger partial charge in [-0.2, -0.15) is 5.10 Å². The van der Waals surface area contributed by atoms with Gasteiger partial charge in [0.1, 0.15) is 5.69 Å². The fourth-order valence-corrected chi connectivity index (χ4v) is 2.81. The number of likely N-dealkylation sites (tertiary alicyclic amines) is 1. The number of rotatable bonds is 3. The van der Waals surface area contributed by atoms with Gasteiger partial charge in [-0.15, -0.1) is 0 Å². The molecule has 1 amide bonds. The van der Waals surface area contributed by atoms with E-state index >= 15 is 0 Å². The van der Waals surface area contributed by atoms with Crippen molar-refractivity contribution in [1.82, 2.24) is 15.1 Å². The summed E-state index contributed by atoms with van der Waals surface area (Å²) in [5, 5.41) is 6.15. The lowest BCUT2D eigenvalue weighted by atomic mass is 10.0. The number of hydrogen-bond donors (Lipinski definition) is 1. The predicted molar refractivity (Wildman–Crippen MR) is 79.1 cm³/mol. The zero-order valence-corrected chi connectivity index (χ0v) is 11.7. The van der Waals surface area contributed by atoms with Gasteiger partial charge in [-0.1, -0.05) is 30.3 Å². The second-order valence-electron chi connectivity index (χ2n) is 5.29. The lowest BCUT2D eigenvalue weighted by molar-refractivity contribution is 0.0729. The molecule has 1 aliphatic heterocycles. The Morgan fingerprint density at radius 1 is 1.24 bits per heavy atom. The van der Waals surface area contributed by atoms with Crippen LogP contribution in [0.4, 0.5) is 0 Å². The van der Waals surface area contributed by atoms with E-state index in [1.54, 1.807) is 0 Å². The number of benzene rings is 1. The molecule has 1 aromatic heterocycles. The van der Waals surface area contributed by atoms with E-state index in [9.17, 15) is 9.59 Å². The Balaban J connectivity index is 1.76. The molecule has 3 rings (SSSR count). The molecule has 21 heavy (non-hydrogen) atoms. The highest BCUT2D eigenvalue weighted by Gasteiger charge is 2.30. The molecule has 2 aromatic rings. The van der Waals surface area contributed by atoms with E-state index in [1.165, 1.54) is 17.7 Å². The Bertz CT molecular complexity index is 661. The fraction of sp³-hybridized carbons (Fsp3) is 0.312. The third kappa shape index (κ3) is 3.02. The molecule has 0 spiro atoms. The Kier molecular flexibility index (Phi) is 3.81. The minimum absolute atomic E-state index is 0.107. The quantitative estimate of drug-likeness (QED) is 0.930. The van der Waals surface area contributed by atoms with Crippen LogP contribution in [-0.2, 0) is 6.42 Å². The number of aromatic amines is 1. The van der Waals surface area contributed by atoms with Gasteiger partial charge in [0.2, 0.25) is 0 Å².